The molecule has 0 spiro atoms. The Morgan fingerprint density at radius 1 is 1.42 bits per heavy atom. The summed E-state index contributed by atoms with van der Waals surface area (Å²) in [6.45, 7) is 8.65. The van der Waals surface area contributed by atoms with Crippen LogP contribution >= 0.6 is 0 Å². The number of amides is 2. The highest BCUT2D eigenvalue weighted by Crippen LogP contribution is 2.22. The normalized spacial score (nSPS) is 21.7. The van der Waals surface area contributed by atoms with Gasteiger partial charge in [0, 0.05) is 25.0 Å². The van der Waals surface area contributed by atoms with Gasteiger partial charge in [0.15, 0.2) is 0 Å². The van der Waals surface area contributed by atoms with E-state index in [4.69, 9.17) is 5.73 Å². The Morgan fingerprint density at radius 3 is 2.63 bits per heavy atom. The van der Waals surface area contributed by atoms with Crippen molar-refractivity contribution in [1.29, 1.82) is 0 Å². The van der Waals surface area contributed by atoms with Gasteiger partial charge in [-0.1, -0.05) is 13.3 Å². The van der Waals surface area contributed by atoms with Gasteiger partial charge in [0.25, 0.3) is 0 Å². The van der Waals surface area contributed by atoms with Crippen LogP contribution in [0.1, 0.15) is 47.0 Å². The first-order valence-electron chi connectivity index (χ1n) is 7.12. The number of carbonyl (C=O) groups excluding carboxylic acids is 2. The second kappa shape index (κ2) is 6.37. The summed E-state index contributed by atoms with van der Waals surface area (Å²) in [4.78, 5) is 26.0. The largest absolute Gasteiger partial charge is 0.352 e. The first-order chi connectivity index (χ1) is 8.76. The lowest BCUT2D eigenvalue weighted by Crippen LogP contribution is -2.64. The Kier molecular flexibility index (Phi) is 5.35. The number of nitrogens with one attached hydrogen (secondary N) is 1. The monoisotopic (exact) mass is 269 g/mol. The molecule has 0 aliphatic carbocycles. The summed E-state index contributed by atoms with van der Waals surface area (Å²) in [6.07, 6.45) is 2.71. The van der Waals surface area contributed by atoms with Crippen molar-refractivity contribution in [2.75, 3.05) is 13.1 Å². The zero-order valence-corrected chi connectivity index (χ0v) is 12.5. The third-order valence-electron chi connectivity index (χ3n) is 3.84. The number of piperazine rings is 1. The van der Waals surface area contributed by atoms with Crippen LogP contribution in [0, 0.1) is 5.92 Å². The molecular weight excluding hydrogens is 242 g/mol. The maximum Gasteiger partial charge on any atom is 0.245 e. The van der Waals surface area contributed by atoms with E-state index in [1.54, 1.807) is 18.7 Å². The molecular formula is C14H27N3O2. The summed E-state index contributed by atoms with van der Waals surface area (Å²) in [6, 6.07) is 0.180. The molecule has 5 heteroatoms. The van der Waals surface area contributed by atoms with Gasteiger partial charge < -0.3 is 16.0 Å². The fourth-order valence-corrected chi connectivity index (χ4v) is 2.42. The highest BCUT2D eigenvalue weighted by molar-refractivity contribution is 5.92. The van der Waals surface area contributed by atoms with Crippen molar-refractivity contribution in [2.24, 2.45) is 11.7 Å². The fraction of sp³-hybridized carbons (Fsp3) is 0.857. The molecule has 1 aliphatic heterocycles. The number of nitrogens with two attached hydrogens (primary N) is 1. The third-order valence-corrected chi connectivity index (χ3v) is 3.84. The zero-order chi connectivity index (χ0) is 14.6. The van der Waals surface area contributed by atoms with Crippen LogP contribution < -0.4 is 11.1 Å². The molecule has 2 amide bonds. The van der Waals surface area contributed by atoms with E-state index in [0.717, 1.165) is 19.3 Å². The maximum atomic E-state index is 12.4. The number of rotatable bonds is 5. The van der Waals surface area contributed by atoms with E-state index in [0.29, 0.717) is 13.1 Å². The van der Waals surface area contributed by atoms with E-state index in [2.05, 4.69) is 5.32 Å². The van der Waals surface area contributed by atoms with Gasteiger partial charge in [-0.3, -0.25) is 9.59 Å². The molecule has 0 radical (unpaired) electrons. The Hall–Kier alpha value is -1.10. The number of nitrogens with zero attached hydrogens (tertiary/aromatic N) is 1. The molecule has 19 heavy (non-hydrogen) atoms. The van der Waals surface area contributed by atoms with E-state index in [9.17, 15) is 9.59 Å². The lowest BCUT2D eigenvalue weighted by molar-refractivity contribution is -0.151. The Balaban J connectivity index is 2.58. The van der Waals surface area contributed by atoms with Crippen LogP contribution in [0.3, 0.4) is 0 Å². The Bertz CT molecular complexity index is 340. The summed E-state index contributed by atoms with van der Waals surface area (Å²) < 4.78 is 0. The molecule has 1 rings (SSSR count). The molecule has 0 bridgehead atoms. The third kappa shape index (κ3) is 3.93. The van der Waals surface area contributed by atoms with Crippen LogP contribution in [-0.2, 0) is 9.59 Å². The summed E-state index contributed by atoms with van der Waals surface area (Å²) in [5.74, 6) is -0.0525. The van der Waals surface area contributed by atoms with Crippen molar-refractivity contribution < 1.29 is 9.59 Å². The van der Waals surface area contributed by atoms with Gasteiger partial charge in [-0.2, -0.15) is 0 Å². The van der Waals surface area contributed by atoms with Gasteiger partial charge in [0.1, 0.15) is 5.54 Å². The van der Waals surface area contributed by atoms with Crippen LogP contribution in [0.15, 0.2) is 0 Å². The van der Waals surface area contributed by atoms with Crippen molar-refractivity contribution in [2.45, 2.75) is 58.5 Å². The van der Waals surface area contributed by atoms with Crippen molar-refractivity contribution in [1.82, 2.24) is 10.2 Å². The predicted octanol–water partition coefficient (Wildman–Crippen LogP) is 0.877. The number of hydrogen-bond acceptors (Lipinski definition) is 3. The molecule has 2 unspecified atom stereocenters. The maximum absolute atomic E-state index is 12.4. The molecule has 1 aliphatic rings. The lowest BCUT2D eigenvalue weighted by atomic mass is 9.94. The minimum absolute atomic E-state index is 0.0519. The Morgan fingerprint density at radius 2 is 2.05 bits per heavy atom. The SMILES string of the molecule is CC(N)CCCC(C)C(=O)N1CCNC(=O)C1(C)C. The first kappa shape index (κ1) is 16.0. The molecule has 5 nitrogen and oxygen atoms in total. The minimum Gasteiger partial charge on any atom is -0.352 e. The highest BCUT2D eigenvalue weighted by Gasteiger charge is 2.41. The molecule has 1 saturated heterocycles. The molecule has 3 N–H and O–H groups in total. The van der Waals surface area contributed by atoms with Crippen LogP contribution in [0.25, 0.3) is 0 Å². The van der Waals surface area contributed by atoms with Crippen LogP contribution in [-0.4, -0.2) is 41.4 Å². The predicted molar refractivity (Wildman–Crippen MR) is 75.5 cm³/mol. The number of carbonyl (C=O) groups is 2. The van der Waals surface area contributed by atoms with E-state index in [1.807, 2.05) is 13.8 Å². The average molecular weight is 269 g/mol. The van der Waals surface area contributed by atoms with Gasteiger partial charge >= 0.3 is 0 Å². The van der Waals surface area contributed by atoms with Gasteiger partial charge in [0.05, 0.1) is 0 Å². The van der Waals surface area contributed by atoms with Crippen LogP contribution in [0.2, 0.25) is 0 Å². The highest BCUT2D eigenvalue weighted by atomic mass is 16.2. The van der Waals surface area contributed by atoms with E-state index in [1.165, 1.54) is 0 Å². The van der Waals surface area contributed by atoms with Crippen LogP contribution in [0.4, 0.5) is 0 Å². The topological polar surface area (TPSA) is 75.4 Å². The molecule has 0 aromatic carbocycles. The molecule has 0 aromatic heterocycles. The molecule has 110 valence electrons. The van der Waals surface area contributed by atoms with Gasteiger partial charge in [-0.15, -0.1) is 0 Å². The first-order valence-corrected chi connectivity index (χ1v) is 7.12. The van der Waals surface area contributed by atoms with Gasteiger partial charge in [0.2, 0.25) is 11.8 Å². The molecule has 0 saturated carbocycles. The van der Waals surface area contributed by atoms with Crippen molar-refractivity contribution in [3.8, 4) is 0 Å². The Labute approximate surface area is 115 Å². The van der Waals surface area contributed by atoms with Crippen molar-refractivity contribution >= 4 is 11.8 Å². The summed E-state index contributed by atoms with van der Waals surface area (Å²) >= 11 is 0. The van der Waals surface area contributed by atoms with Gasteiger partial charge in [-0.05, 0) is 33.6 Å². The van der Waals surface area contributed by atoms with E-state index in [-0.39, 0.29) is 23.8 Å². The quantitative estimate of drug-likeness (QED) is 0.778. The fourth-order valence-electron chi connectivity index (χ4n) is 2.42. The zero-order valence-electron chi connectivity index (χ0n) is 12.5. The van der Waals surface area contributed by atoms with Crippen LogP contribution in [0.5, 0.6) is 0 Å². The number of hydrogen-bond donors (Lipinski definition) is 2. The second-order valence-corrected chi connectivity index (χ2v) is 6.11. The molecule has 1 heterocycles. The lowest BCUT2D eigenvalue weighted by Gasteiger charge is -2.42. The minimum atomic E-state index is -0.745. The van der Waals surface area contributed by atoms with Gasteiger partial charge in [-0.25, -0.2) is 0 Å². The summed E-state index contributed by atoms with van der Waals surface area (Å²) in [5.41, 5.74) is 4.97. The molecule has 1 fully saturated rings. The van der Waals surface area contributed by atoms with Crippen molar-refractivity contribution in [3.63, 3.8) is 0 Å². The standard InChI is InChI=1S/C14H27N3O2/c1-10(6-5-7-11(2)15)12(18)17-9-8-16-13(19)14(17,3)4/h10-11H,5-9,15H2,1-4H3,(H,16,19). The van der Waals surface area contributed by atoms with Crippen molar-refractivity contribution in [3.05, 3.63) is 0 Å². The van der Waals surface area contributed by atoms with E-state index >= 15 is 0 Å². The van der Waals surface area contributed by atoms with E-state index < -0.39 is 5.54 Å². The smallest absolute Gasteiger partial charge is 0.245 e. The molecule has 2 atom stereocenters. The summed E-state index contributed by atoms with van der Waals surface area (Å²) in [7, 11) is 0. The average Bonchev–Trinajstić information content (AvgIpc) is 2.31. The summed E-state index contributed by atoms with van der Waals surface area (Å²) in [5, 5.41) is 2.80. The molecule has 0 aromatic rings. The second-order valence-electron chi connectivity index (χ2n) is 6.11.